The molecule has 1 heterocycles. The van der Waals surface area contributed by atoms with Crippen LogP contribution in [0, 0.1) is 0 Å². The minimum atomic E-state index is -4.46. The van der Waals surface area contributed by atoms with Gasteiger partial charge in [-0.25, -0.2) is 0 Å². The molecule has 1 N–H and O–H groups in total. The smallest absolute Gasteiger partial charge is 0.324 e. The molecule has 5 rings (SSSR count). The van der Waals surface area contributed by atoms with E-state index in [0.29, 0.717) is 22.0 Å². The molecule has 0 spiro atoms. The molecule has 0 bridgehead atoms. The minimum Gasteiger partial charge on any atom is -0.324 e. The molecule has 0 saturated heterocycles. The first-order valence-electron chi connectivity index (χ1n) is 12.0. The molecule has 39 heavy (non-hydrogen) atoms. The molecule has 1 atom stereocenters. The molecule has 1 aliphatic heterocycles. The maximum absolute atomic E-state index is 13.4. The predicted molar refractivity (Wildman–Crippen MR) is 151 cm³/mol. The number of halogens is 5. The molecule has 0 aromatic heterocycles. The van der Waals surface area contributed by atoms with Crippen molar-refractivity contribution in [2.75, 3.05) is 18.4 Å². The molecule has 0 saturated carbocycles. The zero-order valence-corrected chi connectivity index (χ0v) is 22.8. The highest BCUT2D eigenvalue weighted by Crippen LogP contribution is 2.42. The van der Waals surface area contributed by atoms with E-state index in [1.54, 1.807) is 29.3 Å². The van der Waals surface area contributed by atoms with Crippen LogP contribution in [0.5, 0.6) is 0 Å². The van der Waals surface area contributed by atoms with Crippen LogP contribution in [0.1, 0.15) is 22.3 Å². The number of benzene rings is 4. The van der Waals surface area contributed by atoms with Crippen LogP contribution in [0.3, 0.4) is 0 Å². The van der Waals surface area contributed by atoms with Crippen LogP contribution in [0.15, 0.2) is 113 Å². The standard InChI is InChI=1S/C30H22BrClF3N3O/c31-24-12-16-26(17-13-24)36-27(39)18-38-19-29(21-4-2-1-3-5-21,22-8-10-23(11-9-22)30(33,34)35)28(37-38)20-6-14-25(32)15-7-20/h1-17H,18-19H2,(H,36,39). The van der Waals surface area contributed by atoms with Crippen LogP contribution < -0.4 is 5.32 Å². The summed E-state index contributed by atoms with van der Waals surface area (Å²) in [6.45, 7) is 0.191. The van der Waals surface area contributed by atoms with Crippen LogP contribution in [0.25, 0.3) is 0 Å². The second-order valence-corrected chi connectivity index (χ2v) is 10.5. The van der Waals surface area contributed by atoms with Crippen LogP contribution in [0.2, 0.25) is 5.02 Å². The highest BCUT2D eigenvalue weighted by atomic mass is 79.9. The van der Waals surface area contributed by atoms with Gasteiger partial charge in [-0.1, -0.05) is 82.1 Å². The van der Waals surface area contributed by atoms with Crippen molar-refractivity contribution in [1.29, 1.82) is 0 Å². The number of nitrogens with zero attached hydrogens (tertiary/aromatic N) is 2. The summed E-state index contributed by atoms with van der Waals surface area (Å²) in [4.78, 5) is 13.0. The molecule has 4 aromatic carbocycles. The number of rotatable bonds is 6. The summed E-state index contributed by atoms with van der Waals surface area (Å²) in [6.07, 6.45) is -4.46. The molecule has 1 unspecified atom stereocenters. The number of hydrogen-bond acceptors (Lipinski definition) is 3. The minimum absolute atomic E-state index is 0.0532. The number of hydrazone groups is 1. The van der Waals surface area contributed by atoms with E-state index in [4.69, 9.17) is 16.7 Å². The maximum Gasteiger partial charge on any atom is 0.416 e. The van der Waals surface area contributed by atoms with Gasteiger partial charge in [-0.05, 0) is 65.2 Å². The third-order valence-electron chi connectivity index (χ3n) is 6.61. The average molecular weight is 613 g/mol. The summed E-state index contributed by atoms with van der Waals surface area (Å²) in [5.74, 6) is -0.271. The van der Waals surface area contributed by atoms with E-state index < -0.39 is 17.2 Å². The van der Waals surface area contributed by atoms with E-state index in [2.05, 4.69) is 21.2 Å². The highest BCUT2D eigenvalue weighted by Gasteiger charge is 2.47. The largest absolute Gasteiger partial charge is 0.416 e. The molecule has 198 valence electrons. The number of hydrogen-bond donors (Lipinski definition) is 1. The summed E-state index contributed by atoms with van der Waals surface area (Å²) in [7, 11) is 0. The Bertz CT molecular complexity index is 1490. The quantitative estimate of drug-likeness (QED) is 0.242. The Labute approximate surface area is 237 Å². The lowest BCUT2D eigenvalue weighted by molar-refractivity contribution is -0.137. The fraction of sp³-hybridized carbons (Fsp3) is 0.133. The normalized spacial score (nSPS) is 17.2. The van der Waals surface area contributed by atoms with Gasteiger partial charge in [0, 0.05) is 15.2 Å². The third-order valence-corrected chi connectivity index (χ3v) is 7.39. The Morgan fingerprint density at radius 1 is 0.897 bits per heavy atom. The fourth-order valence-electron chi connectivity index (χ4n) is 4.80. The van der Waals surface area contributed by atoms with Gasteiger partial charge in [0.15, 0.2) is 0 Å². The second kappa shape index (κ2) is 10.9. The summed E-state index contributed by atoms with van der Waals surface area (Å²) >= 11 is 9.53. The van der Waals surface area contributed by atoms with Crippen molar-refractivity contribution < 1.29 is 18.0 Å². The number of nitrogens with one attached hydrogen (secondary N) is 1. The first-order chi connectivity index (χ1) is 18.6. The van der Waals surface area contributed by atoms with Gasteiger partial charge in [-0.2, -0.15) is 18.3 Å². The van der Waals surface area contributed by atoms with Crippen LogP contribution in [-0.2, 0) is 16.4 Å². The van der Waals surface area contributed by atoms with E-state index in [1.165, 1.54) is 12.1 Å². The van der Waals surface area contributed by atoms with E-state index in [-0.39, 0.29) is 19.0 Å². The van der Waals surface area contributed by atoms with Crippen molar-refractivity contribution in [3.05, 3.63) is 135 Å². The van der Waals surface area contributed by atoms with Crippen molar-refractivity contribution in [3.8, 4) is 0 Å². The van der Waals surface area contributed by atoms with Gasteiger partial charge in [-0.3, -0.25) is 9.80 Å². The number of amides is 1. The lowest BCUT2D eigenvalue weighted by Crippen LogP contribution is -2.41. The monoisotopic (exact) mass is 611 g/mol. The van der Waals surface area contributed by atoms with E-state index in [9.17, 15) is 18.0 Å². The Balaban J connectivity index is 1.58. The summed E-state index contributed by atoms with van der Waals surface area (Å²) in [5, 5.41) is 9.95. The molecule has 4 aromatic rings. The summed E-state index contributed by atoms with van der Waals surface area (Å²) < 4.78 is 41.1. The van der Waals surface area contributed by atoms with Crippen molar-refractivity contribution in [3.63, 3.8) is 0 Å². The van der Waals surface area contributed by atoms with Crippen molar-refractivity contribution >= 4 is 44.8 Å². The third kappa shape index (κ3) is 5.72. The van der Waals surface area contributed by atoms with E-state index in [0.717, 1.165) is 27.7 Å². The maximum atomic E-state index is 13.4. The first kappa shape index (κ1) is 27.0. The van der Waals surface area contributed by atoms with Gasteiger partial charge in [0.1, 0.15) is 6.54 Å². The van der Waals surface area contributed by atoms with Gasteiger partial charge < -0.3 is 5.32 Å². The van der Waals surface area contributed by atoms with Gasteiger partial charge in [0.05, 0.1) is 23.2 Å². The Kier molecular flexibility index (Phi) is 7.51. The molecule has 9 heteroatoms. The molecular weight excluding hydrogens is 591 g/mol. The molecule has 0 radical (unpaired) electrons. The number of anilines is 1. The Morgan fingerprint density at radius 3 is 2.13 bits per heavy atom. The van der Waals surface area contributed by atoms with E-state index >= 15 is 0 Å². The summed E-state index contributed by atoms with van der Waals surface area (Å²) in [6, 6.07) is 29.0. The first-order valence-corrected chi connectivity index (χ1v) is 13.2. The summed E-state index contributed by atoms with van der Waals surface area (Å²) in [5.41, 5.74) is 1.79. The second-order valence-electron chi connectivity index (χ2n) is 9.18. The fourth-order valence-corrected chi connectivity index (χ4v) is 5.19. The average Bonchev–Trinajstić information content (AvgIpc) is 3.30. The molecule has 4 nitrogen and oxygen atoms in total. The topological polar surface area (TPSA) is 44.7 Å². The van der Waals surface area contributed by atoms with Crippen molar-refractivity contribution in [2.24, 2.45) is 5.10 Å². The SMILES string of the molecule is O=C(CN1CC(c2ccccc2)(c2ccc(C(F)(F)F)cc2)C(c2ccc(Cl)cc2)=N1)Nc1ccc(Br)cc1. The van der Waals surface area contributed by atoms with Crippen LogP contribution in [-0.4, -0.2) is 29.7 Å². The molecule has 1 aliphatic rings. The van der Waals surface area contributed by atoms with E-state index in [1.807, 2.05) is 54.6 Å². The lowest BCUT2D eigenvalue weighted by Gasteiger charge is -2.33. The molecule has 1 amide bonds. The molecule has 0 aliphatic carbocycles. The zero-order chi connectivity index (χ0) is 27.6. The molecule has 0 fully saturated rings. The molecular formula is C30H22BrClF3N3O. The zero-order valence-electron chi connectivity index (χ0n) is 20.4. The van der Waals surface area contributed by atoms with Crippen LogP contribution >= 0.6 is 27.5 Å². The van der Waals surface area contributed by atoms with Gasteiger partial charge in [-0.15, -0.1) is 0 Å². The Morgan fingerprint density at radius 2 is 1.51 bits per heavy atom. The lowest BCUT2D eigenvalue weighted by atomic mass is 9.69. The number of carbonyl (C=O) groups excluding carboxylic acids is 1. The Hall–Kier alpha value is -3.62. The van der Waals surface area contributed by atoms with Gasteiger partial charge in [0.25, 0.3) is 0 Å². The van der Waals surface area contributed by atoms with Crippen molar-refractivity contribution in [2.45, 2.75) is 11.6 Å². The van der Waals surface area contributed by atoms with Crippen molar-refractivity contribution in [1.82, 2.24) is 5.01 Å². The van der Waals surface area contributed by atoms with Gasteiger partial charge >= 0.3 is 6.18 Å². The van der Waals surface area contributed by atoms with Crippen LogP contribution in [0.4, 0.5) is 18.9 Å². The highest BCUT2D eigenvalue weighted by molar-refractivity contribution is 9.10. The van der Waals surface area contributed by atoms with Gasteiger partial charge in [0.2, 0.25) is 5.91 Å². The number of alkyl halides is 3. The number of carbonyl (C=O) groups is 1. The predicted octanol–water partition coefficient (Wildman–Crippen LogP) is 7.77.